The average molecular weight is 347 g/mol. The first-order chi connectivity index (χ1) is 11.8. The second-order valence-electron chi connectivity index (χ2n) is 6.02. The maximum atomic E-state index is 9.04. The Bertz CT molecular complexity index is 680. The highest BCUT2D eigenvalue weighted by molar-refractivity contribution is 6.70. The summed E-state index contributed by atoms with van der Waals surface area (Å²) >= 11 is 0. The van der Waals surface area contributed by atoms with Crippen LogP contribution in [0.2, 0.25) is 0 Å². The standard InChI is InChI=1S/C16H25N7O2/c1-4-23-15(17)14(13(21-23)9-22(2)3)20-11-5-7-12(8-6-11)25-16(18,19)10-24/h5-8,17,24H,4,9-10,18-19H2,1-3H3. The van der Waals surface area contributed by atoms with Gasteiger partial charge in [-0.3, -0.25) is 16.9 Å². The van der Waals surface area contributed by atoms with E-state index < -0.39 is 12.5 Å². The highest BCUT2D eigenvalue weighted by Crippen LogP contribution is 2.21. The van der Waals surface area contributed by atoms with Gasteiger partial charge in [0.2, 0.25) is 5.85 Å². The lowest BCUT2D eigenvalue weighted by Crippen LogP contribution is -2.57. The predicted octanol–water partition coefficient (Wildman–Crippen LogP) is -0.0682. The molecule has 1 aliphatic heterocycles. The van der Waals surface area contributed by atoms with Crippen molar-refractivity contribution in [3.8, 4) is 5.75 Å². The van der Waals surface area contributed by atoms with E-state index in [0.29, 0.717) is 30.2 Å². The van der Waals surface area contributed by atoms with Crippen LogP contribution in [0.15, 0.2) is 34.4 Å². The first-order valence-corrected chi connectivity index (χ1v) is 7.91. The Morgan fingerprint density at radius 2 is 1.96 bits per heavy atom. The Labute approximate surface area is 147 Å². The summed E-state index contributed by atoms with van der Waals surface area (Å²) < 4.78 is 5.28. The molecule has 0 aromatic heterocycles. The van der Waals surface area contributed by atoms with Gasteiger partial charge in [0.05, 0.1) is 5.69 Å². The molecule has 6 N–H and O–H groups in total. The first kappa shape index (κ1) is 19.0. The molecule has 9 heteroatoms. The number of ether oxygens (including phenoxy) is 1. The number of nitrogens with one attached hydrogen (secondary N) is 1. The van der Waals surface area contributed by atoms with Crippen molar-refractivity contribution in [2.24, 2.45) is 21.6 Å². The molecule has 0 fully saturated rings. The van der Waals surface area contributed by atoms with Crippen molar-refractivity contribution in [2.45, 2.75) is 12.8 Å². The monoisotopic (exact) mass is 347 g/mol. The number of hydrogen-bond donors (Lipinski definition) is 4. The molecule has 0 saturated carbocycles. The second-order valence-corrected chi connectivity index (χ2v) is 6.02. The zero-order valence-electron chi connectivity index (χ0n) is 14.7. The third kappa shape index (κ3) is 4.83. The minimum Gasteiger partial charge on any atom is -0.458 e. The molecule has 0 bridgehead atoms. The zero-order chi connectivity index (χ0) is 18.6. The van der Waals surface area contributed by atoms with E-state index in [-0.39, 0.29) is 5.84 Å². The molecule has 2 rings (SSSR count). The minimum absolute atomic E-state index is 0.280. The van der Waals surface area contributed by atoms with Crippen LogP contribution < -0.4 is 16.2 Å². The summed E-state index contributed by atoms with van der Waals surface area (Å²) in [5.74, 6) is -0.932. The molecule has 1 aliphatic rings. The van der Waals surface area contributed by atoms with E-state index in [0.717, 1.165) is 5.71 Å². The molecule has 0 amide bonds. The van der Waals surface area contributed by atoms with Crippen LogP contribution in [0, 0.1) is 5.41 Å². The zero-order valence-corrected chi connectivity index (χ0v) is 14.7. The van der Waals surface area contributed by atoms with E-state index in [1.165, 1.54) is 0 Å². The fourth-order valence-electron chi connectivity index (χ4n) is 2.22. The number of hydrogen-bond acceptors (Lipinski definition) is 8. The minimum atomic E-state index is -1.63. The summed E-state index contributed by atoms with van der Waals surface area (Å²) in [6.07, 6.45) is 0. The number of aliphatic imine (C=N–C) groups is 1. The molecule has 0 saturated heterocycles. The van der Waals surface area contributed by atoms with Gasteiger partial charge in [0.25, 0.3) is 0 Å². The van der Waals surface area contributed by atoms with E-state index in [1.807, 2.05) is 25.9 Å². The molecule has 25 heavy (non-hydrogen) atoms. The average Bonchev–Trinajstić information content (AvgIpc) is 2.84. The Kier molecular flexibility index (Phi) is 5.85. The van der Waals surface area contributed by atoms with E-state index in [4.69, 9.17) is 26.7 Å². The van der Waals surface area contributed by atoms with E-state index in [2.05, 4.69) is 10.1 Å². The summed E-state index contributed by atoms with van der Waals surface area (Å²) in [5, 5.41) is 23.4. The molecule has 0 radical (unpaired) electrons. The van der Waals surface area contributed by atoms with Crippen LogP contribution in [-0.4, -0.2) is 71.9 Å². The van der Waals surface area contributed by atoms with Crippen LogP contribution in [-0.2, 0) is 0 Å². The molecular weight excluding hydrogens is 322 g/mol. The van der Waals surface area contributed by atoms with Crippen molar-refractivity contribution in [2.75, 3.05) is 33.8 Å². The van der Waals surface area contributed by atoms with Gasteiger partial charge < -0.3 is 14.7 Å². The number of amidine groups is 1. The number of nitrogens with two attached hydrogens (primary N) is 2. The normalized spacial score (nSPS) is 16.8. The van der Waals surface area contributed by atoms with Crippen molar-refractivity contribution in [1.82, 2.24) is 9.91 Å². The number of aliphatic hydroxyl groups excluding tert-OH is 1. The van der Waals surface area contributed by atoms with Crippen molar-refractivity contribution in [3.05, 3.63) is 24.3 Å². The lowest BCUT2D eigenvalue weighted by Gasteiger charge is -2.23. The summed E-state index contributed by atoms with van der Waals surface area (Å²) in [6.45, 7) is 2.63. The number of benzene rings is 1. The van der Waals surface area contributed by atoms with E-state index in [1.54, 1.807) is 29.3 Å². The Morgan fingerprint density at radius 1 is 1.32 bits per heavy atom. The van der Waals surface area contributed by atoms with Gasteiger partial charge in [-0.1, -0.05) is 0 Å². The predicted molar refractivity (Wildman–Crippen MR) is 98.5 cm³/mol. The topological polar surface area (TPSA) is 137 Å². The van der Waals surface area contributed by atoms with E-state index >= 15 is 0 Å². The molecule has 0 unspecified atom stereocenters. The third-order valence-corrected chi connectivity index (χ3v) is 3.40. The highest BCUT2D eigenvalue weighted by atomic mass is 16.5. The van der Waals surface area contributed by atoms with Gasteiger partial charge in [0.1, 0.15) is 23.8 Å². The number of nitrogens with zero attached hydrogens (tertiary/aromatic N) is 4. The molecule has 0 aliphatic carbocycles. The summed E-state index contributed by atoms with van der Waals surface area (Å²) in [5.41, 5.74) is 13.1. The van der Waals surface area contributed by atoms with Crippen LogP contribution in [0.25, 0.3) is 0 Å². The molecule has 9 nitrogen and oxygen atoms in total. The Balaban J connectivity index is 2.23. The van der Waals surface area contributed by atoms with Crippen LogP contribution >= 0.6 is 0 Å². The Hall–Kier alpha value is -2.33. The number of hydrazone groups is 1. The number of rotatable bonds is 7. The first-order valence-electron chi connectivity index (χ1n) is 7.91. The van der Waals surface area contributed by atoms with Gasteiger partial charge in [-0.25, -0.2) is 10.0 Å². The van der Waals surface area contributed by atoms with Crippen LogP contribution in [0.1, 0.15) is 6.92 Å². The van der Waals surface area contributed by atoms with Crippen molar-refractivity contribution < 1.29 is 9.84 Å². The molecule has 0 spiro atoms. The van der Waals surface area contributed by atoms with Gasteiger partial charge in [-0.2, -0.15) is 5.10 Å². The van der Waals surface area contributed by atoms with Gasteiger partial charge in [-0.05, 0) is 45.3 Å². The largest absolute Gasteiger partial charge is 0.458 e. The second kappa shape index (κ2) is 7.70. The fraction of sp³-hybridized carbons (Fsp3) is 0.438. The fourth-order valence-corrected chi connectivity index (χ4v) is 2.22. The van der Waals surface area contributed by atoms with Crippen LogP contribution in [0.5, 0.6) is 5.75 Å². The van der Waals surface area contributed by atoms with Crippen molar-refractivity contribution in [1.29, 1.82) is 5.41 Å². The molecule has 1 aromatic carbocycles. The lowest BCUT2D eigenvalue weighted by atomic mass is 10.2. The lowest BCUT2D eigenvalue weighted by molar-refractivity contribution is 0.0198. The molecule has 1 heterocycles. The SMILES string of the molecule is CCN1N=C(CN(C)C)C(=Nc2ccc(OC(N)(N)CO)cc2)C1=N. The summed E-state index contributed by atoms with van der Waals surface area (Å²) in [4.78, 5) is 6.54. The molecular formula is C16H25N7O2. The maximum absolute atomic E-state index is 9.04. The van der Waals surface area contributed by atoms with Crippen LogP contribution in [0.3, 0.4) is 0 Å². The smallest absolute Gasteiger partial charge is 0.236 e. The van der Waals surface area contributed by atoms with Crippen molar-refractivity contribution >= 4 is 22.9 Å². The van der Waals surface area contributed by atoms with Gasteiger partial charge >= 0.3 is 0 Å². The maximum Gasteiger partial charge on any atom is 0.236 e. The van der Waals surface area contributed by atoms with E-state index in [9.17, 15) is 0 Å². The van der Waals surface area contributed by atoms with Gasteiger partial charge in [-0.15, -0.1) is 0 Å². The highest BCUT2D eigenvalue weighted by Gasteiger charge is 2.27. The summed E-state index contributed by atoms with van der Waals surface area (Å²) in [6, 6.07) is 6.76. The molecule has 136 valence electrons. The number of aliphatic hydroxyl groups is 1. The van der Waals surface area contributed by atoms with Gasteiger partial charge in [0.15, 0.2) is 5.84 Å². The summed E-state index contributed by atoms with van der Waals surface area (Å²) in [7, 11) is 3.88. The van der Waals surface area contributed by atoms with Crippen molar-refractivity contribution in [3.63, 3.8) is 0 Å². The van der Waals surface area contributed by atoms with Gasteiger partial charge in [0, 0.05) is 13.1 Å². The Morgan fingerprint density at radius 3 is 2.48 bits per heavy atom. The molecule has 1 aromatic rings. The van der Waals surface area contributed by atoms with Crippen LogP contribution in [0.4, 0.5) is 5.69 Å². The quantitative estimate of drug-likeness (QED) is 0.510. The molecule has 0 atom stereocenters. The third-order valence-electron chi connectivity index (χ3n) is 3.40.